The molecule has 0 spiro atoms. The minimum absolute atomic E-state index is 0. The average molecular weight is 237 g/mol. The summed E-state index contributed by atoms with van der Waals surface area (Å²) in [6.07, 6.45) is 0. The molecule has 0 fully saturated rings. The van der Waals surface area contributed by atoms with E-state index in [0.717, 1.165) is 5.56 Å². The van der Waals surface area contributed by atoms with E-state index >= 15 is 0 Å². The maximum atomic E-state index is 9.74. The number of phenols is 2. The van der Waals surface area contributed by atoms with Crippen LogP contribution in [0.5, 0.6) is 11.5 Å². The number of phenolic OH excluding ortho intramolecular Hbond substituents is 2. The molecule has 0 aliphatic rings. The van der Waals surface area contributed by atoms with Gasteiger partial charge in [-0.2, -0.15) is 0 Å². The lowest BCUT2D eigenvalue weighted by Gasteiger charge is -2.07. The Bertz CT molecular complexity index is 481. The van der Waals surface area contributed by atoms with Gasteiger partial charge in [-0.1, -0.05) is 49.4 Å². The van der Waals surface area contributed by atoms with Crippen molar-refractivity contribution in [2.24, 2.45) is 0 Å². The van der Waals surface area contributed by atoms with E-state index in [9.17, 15) is 10.2 Å². The fourth-order valence-electron chi connectivity index (χ4n) is 1.40. The van der Waals surface area contributed by atoms with Crippen LogP contribution in [0.4, 0.5) is 0 Å². The van der Waals surface area contributed by atoms with Crippen molar-refractivity contribution in [2.75, 3.05) is 0 Å². The molecular weight excluding hydrogens is 224 g/mol. The SMILES string of the molecule is C.Oc1ccc(-c2ccccc2)c(O)c1Cl. The van der Waals surface area contributed by atoms with Crippen LogP contribution in [0, 0.1) is 0 Å². The summed E-state index contributed by atoms with van der Waals surface area (Å²) in [6, 6.07) is 12.5. The van der Waals surface area contributed by atoms with Gasteiger partial charge >= 0.3 is 0 Å². The van der Waals surface area contributed by atoms with Crippen LogP contribution in [0.3, 0.4) is 0 Å². The number of aromatic hydroxyl groups is 2. The van der Waals surface area contributed by atoms with E-state index in [1.807, 2.05) is 30.3 Å². The first-order valence-corrected chi connectivity index (χ1v) is 4.84. The van der Waals surface area contributed by atoms with Crippen molar-refractivity contribution in [3.05, 3.63) is 47.5 Å². The van der Waals surface area contributed by atoms with Crippen LogP contribution >= 0.6 is 11.6 Å². The number of hydrogen-bond donors (Lipinski definition) is 2. The van der Waals surface area contributed by atoms with E-state index in [1.165, 1.54) is 6.07 Å². The molecule has 0 unspecified atom stereocenters. The molecule has 2 aromatic carbocycles. The van der Waals surface area contributed by atoms with Gasteiger partial charge in [0.05, 0.1) is 0 Å². The molecule has 2 nitrogen and oxygen atoms in total. The summed E-state index contributed by atoms with van der Waals surface area (Å²) >= 11 is 5.73. The van der Waals surface area contributed by atoms with Crippen LogP contribution in [-0.2, 0) is 0 Å². The van der Waals surface area contributed by atoms with E-state index in [2.05, 4.69) is 0 Å². The largest absolute Gasteiger partial charge is 0.506 e. The molecule has 0 saturated carbocycles. The number of halogens is 1. The van der Waals surface area contributed by atoms with Gasteiger partial charge in [-0.3, -0.25) is 0 Å². The predicted octanol–water partition coefficient (Wildman–Crippen LogP) is 4.05. The standard InChI is InChI=1S/C12H9ClO2.CH4/c13-11-10(14)7-6-9(12(11)15)8-4-2-1-3-5-8;/h1-7,14-15H;1H4. The Morgan fingerprint density at radius 1 is 0.875 bits per heavy atom. The second kappa shape index (κ2) is 4.90. The van der Waals surface area contributed by atoms with Crippen LogP contribution in [0.2, 0.25) is 5.02 Å². The monoisotopic (exact) mass is 236 g/mol. The highest BCUT2D eigenvalue weighted by Gasteiger charge is 2.10. The second-order valence-corrected chi connectivity index (χ2v) is 3.54. The van der Waals surface area contributed by atoms with Crippen LogP contribution in [0.25, 0.3) is 11.1 Å². The van der Waals surface area contributed by atoms with Gasteiger partial charge in [-0.05, 0) is 17.7 Å². The van der Waals surface area contributed by atoms with E-state index < -0.39 is 0 Å². The van der Waals surface area contributed by atoms with Gasteiger partial charge in [0.2, 0.25) is 0 Å². The smallest absolute Gasteiger partial charge is 0.145 e. The fourth-order valence-corrected chi connectivity index (χ4v) is 1.57. The number of benzene rings is 2. The van der Waals surface area contributed by atoms with E-state index in [4.69, 9.17) is 11.6 Å². The molecule has 0 aromatic heterocycles. The quantitative estimate of drug-likeness (QED) is 0.784. The third-order valence-electron chi connectivity index (χ3n) is 2.18. The molecule has 2 rings (SSSR count). The van der Waals surface area contributed by atoms with Gasteiger partial charge in [0.1, 0.15) is 16.5 Å². The first-order valence-electron chi connectivity index (χ1n) is 4.46. The molecule has 84 valence electrons. The van der Waals surface area contributed by atoms with Crippen molar-refractivity contribution in [2.45, 2.75) is 7.43 Å². The normalized spacial score (nSPS) is 9.56. The third kappa shape index (κ3) is 2.12. The van der Waals surface area contributed by atoms with E-state index in [1.54, 1.807) is 6.07 Å². The highest BCUT2D eigenvalue weighted by molar-refractivity contribution is 6.34. The molecule has 0 atom stereocenters. The Kier molecular flexibility index (Phi) is 3.80. The zero-order chi connectivity index (χ0) is 10.8. The molecule has 0 bridgehead atoms. The molecule has 0 amide bonds. The summed E-state index contributed by atoms with van der Waals surface area (Å²) in [5.41, 5.74) is 1.47. The Labute approximate surface area is 99.8 Å². The maximum absolute atomic E-state index is 9.74. The van der Waals surface area contributed by atoms with Gasteiger partial charge in [0, 0.05) is 5.56 Å². The first-order chi connectivity index (χ1) is 7.20. The topological polar surface area (TPSA) is 40.5 Å². The van der Waals surface area contributed by atoms with Crippen LogP contribution in [0.1, 0.15) is 7.43 Å². The van der Waals surface area contributed by atoms with Crippen LogP contribution in [-0.4, -0.2) is 10.2 Å². The molecule has 0 saturated heterocycles. The van der Waals surface area contributed by atoms with Gasteiger partial charge < -0.3 is 10.2 Å². The van der Waals surface area contributed by atoms with Crippen molar-refractivity contribution < 1.29 is 10.2 Å². The summed E-state index contributed by atoms with van der Waals surface area (Å²) in [7, 11) is 0. The summed E-state index contributed by atoms with van der Waals surface area (Å²) in [4.78, 5) is 0. The van der Waals surface area contributed by atoms with Crippen LogP contribution in [0.15, 0.2) is 42.5 Å². The van der Waals surface area contributed by atoms with Gasteiger partial charge in [0.25, 0.3) is 0 Å². The zero-order valence-electron chi connectivity index (χ0n) is 7.81. The number of rotatable bonds is 1. The lowest BCUT2D eigenvalue weighted by atomic mass is 10.0. The van der Waals surface area contributed by atoms with E-state index in [-0.39, 0.29) is 23.9 Å². The molecule has 0 aliphatic heterocycles. The highest BCUT2D eigenvalue weighted by Crippen LogP contribution is 2.40. The van der Waals surface area contributed by atoms with Crippen molar-refractivity contribution in [3.63, 3.8) is 0 Å². The Morgan fingerprint density at radius 2 is 1.50 bits per heavy atom. The van der Waals surface area contributed by atoms with Gasteiger partial charge in [-0.25, -0.2) is 0 Å². The molecule has 2 aromatic rings. The summed E-state index contributed by atoms with van der Waals surface area (Å²) in [5, 5.41) is 19.0. The van der Waals surface area contributed by atoms with Gasteiger partial charge in [0.15, 0.2) is 0 Å². The fraction of sp³-hybridized carbons (Fsp3) is 0.0769. The first kappa shape index (κ1) is 12.4. The summed E-state index contributed by atoms with van der Waals surface area (Å²) in [6.45, 7) is 0. The lowest BCUT2D eigenvalue weighted by molar-refractivity contribution is 0.452. The van der Waals surface area contributed by atoms with Crippen molar-refractivity contribution in [3.8, 4) is 22.6 Å². The summed E-state index contributed by atoms with van der Waals surface area (Å²) < 4.78 is 0. The molecule has 2 N–H and O–H groups in total. The highest BCUT2D eigenvalue weighted by atomic mass is 35.5. The van der Waals surface area contributed by atoms with Crippen LogP contribution < -0.4 is 0 Å². The predicted molar refractivity (Wildman–Crippen MR) is 66.9 cm³/mol. The summed E-state index contributed by atoms with van der Waals surface area (Å²) in [5.74, 6) is -0.211. The van der Waals surface area contributed by atoms with Crippen molar-refractivity contribution >= 4 is 11.6 Å². The Balaban J connectivity index is 0.00000128. The minimum atomic E-state index is -0.117. The van der Waals surface area contributed by atoms with E-state index in [0.29, 0.717) is 5.56 Å². The second-order valence-electron chi connectivity index (χ2n) is 3.16. The van der Waals surface area contributed by atoms with Crippen molar-refractivity contribution in [1.29, 1.82) is 0 Å². The molecule has 0 heterocycles. The molecule has 3 heteroatoms. The Morgan fingerprint density at radius 3 is 2.12 bits per heavy atom. The van der Waals surface area contributed by atoms with Gasteiger partial charge in [-0.15, -0.1) is 0 Å². The third-order valence-corrected chi connectivity index (χ3v) is 2.55. The molecule has 0 aliphatic carbocycles. The Hall–Kier alpha value is -1.67. The molecule has 0 radical (unpaired) electrons. The van der Waals surface area contributed by atoms with Crippen molar-refractivity contribution in [1.82, 2.24) is 0 Å². The minimum Gasteiger partial charge on any atom is -0.506 e. The average Bonchev–Trinajstić information content (AvgIpc) is 2.27. The lowest BCUT2D eigenvalue weighted by Crippen LogP contribution is -1.80. The maximum Gasteiger partial charge on any atom is 0.145 e. The zero-order valence-corrected chi connectivity index (χ0v) is 8.57. The number of hydrogen-bond acceptors (Lipinski definition) is 2. The molecule has 16 heavy (non-hydrogen) atoms. The molecular formula is C13H13ClO2.